The minimum Gasteiger partial charge on any atom is -0.364 e. The van der Waals surface area contributed by atoms with Crippen LogP contribution in [0.15, 0.2) is 48.7 Å². The standard InChI is InChI=1S/C15H14N4/c1-11-18-13-8-5-9-16-14(13)15(19-11)17-10-12-6-3-2-4-7-12/h2-9H,10H2,1H3,(H,17,18,19). The van der Waals surface area contributed by atoms with Gasteiger partial charge in [0.1, 0.15) is 11.3 Å². The molecular weight excluding hydrogens is 236 g/mol. The van der Waals surface area contributed by atoms with Gasteiger partial charge in [0.2, 0.25) is 0 Å². The number of benzene rings is 1. The maximum atomic E-state index is 4.43. The molecule has 3 aromatic rings. The van der Waals surface area contributed by atoms with Crippen molar-refractivity contribution in [3.63, 3.8) is 0 Å². The van der Waals surface area contributed by atoms with Gasteiger partial charge in [0.15, 0.2) is 5.82 Å². The second kappa shape index (κ2) is 5.02. The molecule has 0 spiro atoms. The first kappa shape index (κ1) is 11.6. The van der Waals surface area contributed by atoms with Crippen LogP contribution in [0.4, 0.5) is 5.82 Å². The number of aromatic nitrogens is 3. The Labute approximate surface area is 111 Å². The van der Waals surface area contributed by atoms with Crippen LogP contribution in [-0.2, 0) is 6.54 Å². The van der Waals surface area contributed by atoms with Crippen molar-refractivity contribution in [3.8, 4) is 0 Å². The number of nitrogens with zero attached hydrogens (tertiary/aromatic N) is 3. The Hall–Kier alpha value is -2.49. The summed E-state index contributed by atoms with van der Waals surface area (Å²) in [5, 5.41) is 3.33. The minimum atomic E-state index is 0.725. The number of anilines is 1. The fraction of sp³-hybridized carbons (Fsp3) is 0.133. The van der Waals surface area contributed by atoms with Crippen LogP contribution in [0.1, 0.15) is 11.4 Å². The molecule has 19 heavy (non-hydrogen) atoms. The minimum absolute atomic E-state index is 0.725. The van der Waals surface area contributed by atoms with E-state index in [1.54, 1.807) is 6.20 Å². The summed E-state index contributed by atoms with van der Waals surface area (Å²) in [6, 6.07) is 14.1. The maximum absolute atomic E-state index is 4.43. The van der Waals surface area contributed by atoms with Crippen molar-refractivity contribution in [1.82, 2.24) is 15.0 Å². The van der Waals surface area contributed by atoms with E-state index in [0.717, 1.165) is 29.2 Å². The molecule has 1 N–H and O–H groups in total. The Morgan fingerprint density at radius 1 is 1.00 bits per heavy atom. The van der Waals surface area contributed by atoms with E-state index in [1.807, 2.05) is 37.3 Å². The van der Waals surface area contributed by atoms with Gasteiger partial charge in [-0.15, -0.1) is 0 Å². The second-order valence-corrected chi connectivity index (χ2v) is 4.33. The fourth-order valence-corrected chi connectivity index (χ4v) is 1.99. The number of fused-ring (bicyclic) bond motifs is 1. The van der Waals surface area contributed by atoms with Crippen molar-refractivity contribution in [3.05, 3.63) is 60.0 Å². The molecule has 0 saturated heterocycles. The molecule has 2 aromatic heterocycles. The summed E-state index contributed by atoms with van der Waals surface area (Å²) in [4.78, 5) is 13.2. The summed E-state index contributed by atoms with van der Waals surface area (Å²) in [6.07, 6.45) is 1.76. The summed E-state index contributed by atoms with van der Waals surface area (Å²) < 4.78 is 0. The van der Waals surface area contributed by atoms with Gasteiger partial charge >= 0.3 is 0 Å². The smallest absolute Gasteiger partial charge is 0.156 e. The quantitative estimate of drug-likeness (QED) is 0.776. The summed E-state index contributed by atoms with van der Waals surface area (Å²) in [5.41, 5.74) is 2.89. The zero-order valence-electron chi connectivity index (χ0n) is 10.7. The first-order valence-electron chi connectivity index (χ1n) is 6.20. The van der Waals surface area contributed by atoms with Crippen molar-refractivity contribution in [2.45, 2.75) is 13.5 Å². The zero-order valence-corrected chi connectivity index (χ0v) is 10.7. The third kappa shape index (κ3) is 2.52. The van der Waals surface area contributed by atoms with Gasteiger partial charge in [-0.25, -0.2) is 9.97 Å². The molecule has 0 aliphatic heterocycles. The van der Waals surface area contributed by atoms with Crippen molar-refractivity contribution < 1.29 is 0 Å². The molecular formula is C15H14N4. The van der Waals surface area contributed by atoms with Gasteiger partial charge in [-0.2, -0.15) is 0 Å². The SMILES string of the molecule is Cc1nc(NCc2ccccc2)c2ncccc2n1. The largest absolute Gasteiger partial charge is 0.364 e. The van der Waals surface area contributed by atoms with Gasteiger partial charge in [-0.1, -0.05) is 30.3 Å². The van der Waals surface area contributed by atoms with Crippen molar-refractivity contribution >= 4 is 16.9 Å². The highest BCUT2D eigenvalue weighted by Gasteiger charge is 2.05. The average Bonchev–Trinajstić information content (AvgIpc) is 2.45. The van der Waals surface area contributed by atoms with E-state index < -0.39 is 0 Å². The lowest BCUT2D eigenvalue weighted by atomic mass is 10.2. The van der Waals surface area contributed by atoms with E-state index in [1.165, 1.54) is 5.56 Å². The van der Waals surface area contributed by atoms with Crippen LogP contribution in [0.2, 0.25) is 0 Å². The molecule has 0 radical (unpaired) electrons. The van der Waals surface area contributed by atoms with Gasteiger partial charge in [0.05, 0.1) is 5.52 Å². The van der Waals surface area contributed by atoms with E-state index in [0.29, 0.717) is 0 Å². The van der Waals surface area contributed by atoms with Gasteiger partial charge in [-0.3, -0.25) is 4.98 Å². The number of hydrogen-bond donors (Lipinski definition) is 1. The van der Waals surface area contributed by atoms with Crippen LogP contribution >= 0.6 is 0 Å². The molecule has 0 atom stereocenters. The molecule has 4 heteroatoms. The molecule has 4 nitrogen and oxygen atoms in total. The molecule has 0 aliphatic carbocycles. The van der Waals surface area contributed by atoms with E-state index in [-0.39, 0.29) is 0 Å². The third-order valence-electron chi connectivity index (χ3n) is 2.87. The third-order valence-corrected chi connectivity index (χ3v) is 2.87. The van der Waals surface area contributed by atoms with Crippen molar-refractivity contribution in [1.29, 1.82) is 0 Å². The highest BCUT2D eigenvalue weighted by molar-refractivity contribution is 5.84. The molecule has 0 fully saturated rings. The predicted octanol–water partition coefficient (Wildman–Crippen LogP) is 2.95. The molecule has 0 unspecified atom stereocenters. The van der Waals surface area contributed by atoms with E-state index in [9.17, 15) is 0 Å². The highest BCUT2D eigenvalue weighted by atomic mass is 15.0. The number of hydrogen-bond acceptors (Lipinski definition) is 4. The van der Waals surface area contributed by atoms with Gasteiger partial charge in [-0.05, 0) is 24.6 Å². The predicted molar refractivity (Wildman–Crippen MR) is 75.8 cm³/mol. The first-order valence-corrected chi connectivity index (χ1v) is 6.20. The zero-order chi connectivity index (χ0) is 13.1. The summed E-state index contributed by atoms with van der Waals surface area (Å²) in [5.74, 6) is 1.53. The van der Waals surface area contributed by atoms with Crippen molar-refractivity contribution in [2.75, 3.05) is 5.32 Å². The highest BCUT2D eigenvalue weighted by Crippen LogP contribution is 2.17. The summed E-state index contributed by atoms with van der Waals surface area (Å²) >= 11 is 0. The number of aryl methyl sites for hydroxylation is 1. The average molecular weight is 250 g/mol. The van der Waals surface area contributed by atoms with Crippen LogP contribution < -0.4 is 5.32 Å². The van der Waals surface area contributed by atoms with Crippen LogP contribution in [0.5, 0.6) is 0 Å². The van der Waals surface area contributed by atoms with E-state index >= 15 is 0 Å². The van der Waals surface area contributed by atoms with Crippen LogP contribution in [0, 0.1) is 6.92 Å². The topological polar surface area (TPSA) is 50.7 Å². The molecule has 0 amide bonds. The second-order valence-electron chi connectivity index (χ2n) is 4.33. The molecule has 3 rings (SSSR count). The molecule has 0 bridgehead atoms. The Morgan fingerprint density at radius 2 is 1.84 bits per heavy atom. The van der Waals surface area contributed by atoms with Gasteiger partial charge in [0.25, 0.3) is 0 Å². The molecule has 1 aromatic carbocycles. The van der Waals surface area contributed by atoms with E-state index in [2.05, 4.69) is 32.4 Å². The van der Waals surface area contributed by atoms with Gasteiger partial charge < -0.3 is 5.32 Å². The molecule has 94 valence electrons. The number of pyridine rings is 1. The lowest BCUT2D eigenvalue weighted by Crippen LogP contribution is -2.04. The summed E-state index contributed by atoms with van der Waals surface area (Å²) in [6.45, 7) is 2.61. The molecule has 0 aliphatic rings. The Kier molecular flexibility index (Phi) is 3.06. The summed E-state index contributed by atoms with van der Waals surface area (Å²) in [7, 11) is 0. The monoisotopic (exact) mass is 250 g/mol. The molecule has 0 saturated carbocycles. The molecule has 2 heterocycles. The normalized spacial score (nSPS) is 10.6. The van der Waals surface area contributed by atoms with Crippen molar-refractivity contribution in [2.24, 2.45) is 0 Å². The number of nitrogens with one attached hydrogen (secondary N) is 1. The van der Waals surface area contributed by atoms with E-state index in [4.69, 9.17) is 0 Å². The van der Waals surface area contributed by atoms with Crippen LogP contribution in [-0.4, -0.2) is 15.0 Å². The van der Waals surface area contributed by atoms with Crippen LogP contribution in [0.25, 0.3) is 11.0 Å². The lowest BCUT2D eigenvalue weighted by molar-refractivity contribution is 1.04. The maximum Gasteiger partial charge on any atom is 0.156 e. The Morgan fingerprint density at radius 3 is 2.68 bits per heavy atom. The fourth-order valence-electron chi connectivity index (χ4n) is 1.99. The Balaban J connectivity index is 1.92. The lowest BCUT2D eigenvalue weighted by Gasteiger charge is -2.08. The van der Waals surface area contributed by atoms with Gasteiger partial charge in [0, 0.05) is 12.7 Å². The first-order chi connectivity index (χ1) is 9.33. The number of rotatable bonds is 3. The van der Waals surface area contributed by atoms with Crippen LogP contribution in [0.3, 0.4) is 0 Å². The Bertz CT molecular complexity index is 695.